The molecule has 1 amide bonds. The maximum atomic E-state index is 12.8. The van der Waals surface area contributed by atoms with Crippen LogP contribution in [0.5, 0.6) is 0 Å². The van der Waals surface area contributed by atoms with Gasteiger partial charge < -0.3 is 5.32 Å². The van der Waals surface area contributed by atoms with E-state index in [1.165, 1.54) is 18.6 Å². The number of alkyl halides is 1. The second-order valence-corrected chi connectivity index (χ2v) is 6.23. The molecular weight excluding hydrogens is 277 g/mol. The Kier molecular flexibility index (Phi) is 5.03. The van der Waals surface area contributed by atoms with E-state index in [9.17, 15) is 9.18 Å². The number of nitrogens with one attached hydrogen (secondary N) is 1. The lowest BCUT2D eigenvalue weighted by atomic mass is 9.77. The Labute approximate surface area is 124 Å². The van der Waals surface area contributed by atoms with Crippen LogP contribution in [0.15, 0.2) is 24.3 Å². The number of amides is 1. The minimum Gasteiger partial charge on any atom is -0.349 e. The molecule has 1 saturated carbocycles. The average Bonchev–Trinajstić information content (AvgIpc) is 2.41. The first-order valence-corrected chi connectivity index (χ1v) is 7.68. The molecule has 0 radical (unpaired) electrons. The molecule has 1 fully saturated rings. The third kappa shape index (κ3) is 3.95. The van der Waals surface area contributed by atoms with Gasteiger partial charge in [0.1, 0.15) is 5.82 Å². The van der Waals surface area contributed by atoms with Crippen LogP contribution in [0, 0.1) is 11.7 Å². The highest BCUT2D eigenvalue weighted by Crippen LogP contribution is 2.33. The van der Waals surface area contributed by atoms with Gasteiger partial charge in [-0.1, -0.05) is 31.9 Å². The predicted octanol–water partition coefficient (Wildman–Crippen LogP) is 3.67. The van der Waals surface area contributed by atoms with Crippen molar-refractivity contribution < 1.29 is 9.18 Å². The van der Waals surface area contributed by atoms with Crippen LogP contribution >= 0.6 is 11.6 Å². The first kappa shape index (κ1) is 15.3. The van der Waals surface area contributed by atoms with Gasteiger partial charge in [0, 0.05) is 5.88 Å². The Balaban J connectivity index is 1.97. The van der Waals surface area contributed by atoms with Crippen molar-refractivity contribution in [2.45, 2.75) is 44.6 Å². The van der Waals surface area contributed by atoms with Crippen molar-refractivity contribution in [1.82, 2.24) is 5.32 Å². The van der Waals surface area contributed by atoms with Crippen molar-refractivity contribution in [3.05, 3.63) is 35.6 Å². The molecule has 2 nitrogen and oxygen atoms in total. The minimum atomic E-state index is -0.285. The molecule has 1 aromatic rings. The van der Waals surface area contributed by atoms with Crippen molar-refractivity contribution in [3.63, 3.8) is 0 Å². The molecule has 110 valence electrons. The molecule has 4 heteroatoms. The molecule has 1 aliphatic carbocycles. The lowest BCUT2D eigenvalue weighted by molar-refractivity contribution is -0.122. The Morgan fingerprint density at radius 1 is 1.45 bits per heavy atom. The smallest absolute Gasteiger partial charge is 0.224 e. The fourth-order valence-corrected chi connectivity index (χ4v) is 3.37. The molecule has 0 saturated heterocycles. The minimum absolute atomic E-state index is 0.0358. The van der Waals surface area contributed by atoms with E-state index >= 15 is 0 Å². The van der Waals surface area contributed by atoms with E-state index in [4.69, 9.17) is 11.6 Å². The van der Waals surface area contributed by atoms with E-state index in [1.54, 1.807) is 12.1 Å². The zero-order valence-corrected chi connectivity index (χ0v) is 12.5. The molecule has 2 rings (SSSR count). The number of halogens is 2. The van der Waals surface area contributed by atoms with E-state index in [2.05, 4.69) is 12.2 Å². The van der Waals surface area contributed by atoms with E-state index in [1.807, 2.05) is 0 Å². The molecule has 1 aliphatic rings. The highest BCUT2D eigenvalue weighted by Gasteiger charge is 2.35. The topological polar surface area (TPSA) is 29.1 Å². The largest absolute Gasteiger partial charge is 0.349 e. The summed E-state index contributed by atoms with van der Waals surface area (Å²) in [6, 6.07) is 6.04. The molecule has 1 aromatic carbocycles. The van der Waals surface area contributed by atoms with Crippen molar-refractivity contribution in [1.29, 1.82) is 0 Å². The lowest BCUT2D eigenvalue weighted by Gasteiger charge is -2.39. The fraction of sp³-hybridized carbons (Fsp3) is 0.562. The maximum Gasteiger partial charge on any atom is 0.224 e. The highest BCUT2D eigenvalue weighted by molar-refractivity contribution is 6.18. The second-order valence-electron chi connectivity index (χ2n) is 5.97. The van der Waals surface area contributed by atoms with Gasteiger partial charge in [0.2, 0.25) is 5.91 Å². The summed E-state index contributed by atoms with van der Waals surface area (Å²) in [5.74, 6) is 0.722. The van der Waals surface area contributed by atoms with Crippen molar-refractivity contribution in [2.24, 2.45) is 5.92 Å². The van der Waals surface area contributed by atoms with Crippen molar-refractivity contribution in [3.8, 4) is 0 Å². The number of carbonyl (C=O) groups is 1. The SMILES string of the molecule is CC1CCCC(CCl)(NC(=O)Cc2ccc(F)cc2)C1. The zero-order chi connectivity index (χ0) is 14.6. The van der Waals surface area contributed by atoms with Crippen molar-refractivity contribution in [2.75, 3.05) is 5.88 Å². The van der Waals surface area contributed by atoms with Crippen LogP contribution in [0.4, 0.5) is 4.39 Å². The number of benzene rings is 1. The molecule has 20 heavy (non-hydrogen) atoms. The average molecular weight is 298 g/mol. The maximum absolute atomic E-state index is 12.8. The van der Waals surface area contributed by atoms with E-state index in [0.29, 0.717) is 11.8 Å². The highest BCUT2D eigenvalue weighted by atomic mass is 35.5. The van der Waals surface area contributed by atoms with Gasteiger partial charge in [-0.3, -0.25) is 4.79 Å². The Bertz CT molecular complexity index is 462. The fourth-order valence-electron chi connectivity index (χ4n) is 3.06. The number of hydrogen-bond acceptors (Lipinski definition) is 1. The normalized spacial score (nSPS) is 26.2. The molecule has 0 aromatic heterocycles. The van der Waals surface area contributed by atoms with Crippen LogP contribution in [0.1, 0.15) is 38.2 Å². The third-order valence-electron chi connectivity index (χ3n) is 4.03. The van der Waals surface area contributed by atoms with Crippen LogP contribution in [0.2, 0.25) is 0 Å². The summed E-state index contributed by atoms with van der Waals surface area (Å²) in [6.07, 6.45) is 4.45. The van der Waals surface area contributed by atoms with Gasteiger partial charge in [0.25, 0.3) is 0 Å². The molecule has 0 bridgehead atoms. The molecule has 2 atom stereocenters. The number of carbonyl (C=O) groups excluding carboxylic acids is 1. The zero-order valence-electron chi connectivity index (χ0n) is 11.8. The summed E-state index contributed by atoms with van der Waals surface area (Å²) in [5, 5.41) is 3.11. The summed E-state index contributed by atoms with van der Waals surface area (Å²) in [4.78, 5) is 12.2. The van der Waals surface area contributed by atoms with Crippen LogP contribution in [-0.4, -0.2) is 17.3 Å². The van der Waals surface area contributed by atoms with Gasteiger partial charge in [0.15, 0.2) is 0 Å². The lowest BCUT2D eigenvalue weighted by Crippen LogP contribution is -2.53. The summed E-state index contributed by atoms with van der Waals surface area (Å²) in [7, 11) is 0. The summed E-state index contributed by atoms with van der Waals surface area (Å²) in [6.45, 7) is 2.20. The van der Waals surface area contributed by atoms with Gasteiger partial charge >= 0.3 is 0 Å². The number of rotatable bonds is 4. The quantitative estimate of drug-likeness (QED) is 0.844. The first-order chi connectivity index (χ1) is 9.53. The Morgan fingerprint density at radius 3 is 2.75 bits per heavy atom. The van der Waals surface area contributed by atoms with E-state index in [-0.39, 0.29) is 23.7 Å². The standard InChI is InChI=1S/C16H21ClFNO/c1-12-3-2-8-16(10-12,11-17)19-15(20)9-13-4-6-14(18)7-5-13/h4-7,12H,2-3,8-11H2,1H3,(H,19,20). The Hall–Kier alpha value is -1.09. The molecule has 2 unspecified atom stereocenters. The van der Waals surface area contributed by atoms with Crippen LogP contribution in [0.3, 0.4) is 0 Å². The van der Waals surface area contributed by atoms with Crippen LogP contribution in [-0.2, 0) is 11.2 Å². The van der Waals surface area contributed by atoms with Gasteiger partial charge in [-0.25, -0.2) is 4.39 Å². The molecule has 1 N–H and O–H groups in total. The molecular formula is C16H21ClFNO. The molecule has 0 aliphatic heterocycles. The van der Waals surface area contributed by atoms with Gasteiger partial charge in [-0.2, -0.15) is 0 Å². The van der Waals surface area contributed by atoms with E-state index in [0.717, 1.165) is 24.8 Å². The Morgan fingerprint density at radius 2 is 2.15 bits per heavy atom. The summed E-state index contributed by atoms with van der Waals surface area (Å²) in [5.41, 5.74) is 0.550. The van der Waals surface area contributed by atoms with Gasteiger partial charge in [-0.05, 0) is 36.5 Å². The van der Waals surface area contributed by atoms with Gasteiger partial charge in [-0.15, -0.1) is 11.6 Å². The van der Waals surface area contributed by atoms with Crippen LogP contribution in [0.25, 0.3) is 0 Å². The van der Waals surface area contributed by atoms with E-state index < -0.39 is 0 Å². The molecule has 0 spiro atoms. The predicted molar refractivity (Wildman–Crippen MR) is 79.3 cm³/mol. The number of hydrogen-bond donors (Lipinski definition) is 1. The van der Waals surface area contributed by atoms with Crippen LogP contribution < -0.4 is 5.32 Å². The molecule has 0 heterocycles. The monoisotopic (exact) mass is 297 g/mol. The second kappa shape index (κ2) is 6.57. The first-order valence-electron chi connectivity index (χ1n) is 7.14. The van der Waals surface area contributed by atoms with Crippen molar-refractivity contribution >= 4 is 17.5 Å². The third-order valence-corrected chi connectivity index (χ3v) is 4.54. The van der Waals surface area contributed by atoms with Gasteiger partial charge in [0.05, 0.1) is 12.0 Å². The summed E-state index contributed by atoms with van der Waals surface area (Å²) >= 11 is 6.11. The summed E-state index contributed by atoms with van der Waals surface area (Å²) < 4.78 is 12.8.